The number of carbonyl (C=O) groups is 2. The predicted octanol–water partition coefficient (Wildman–Crippen LogP) is 4.72. The topological polar surface area (TPSA) is 106 Å². The van der Waals surface area contributed by atoms with E-state index in [-0.39, 0.29) is 5.41 Å². The lowest BCUT2D eigenvalue weighted by molar-refractivity contribution is -0.160. The first kappa shape index (κ1) is 24.7. The molecule has 178 valence electrons. The van der Waals surface area contributed by atoms with E-state index in [4.69, 9.17) is 10.5 Å². The third-order valence-corrected chi connectivity index (χ3v) is 6.14. The van der Waals surface area contributed by atoms with Crippen LogP contribution in [-0.4, -0.2) is 40.7 Å². The first-order chi connectivity index (χ1) is 15.3. The summed E-state index contributed by atoms with van der Waals surface area (Å²) in [6.45, 7) is 13.4. The van der Waals surface area contributed by atoms with E-state index in [1.807, 2.05) is 33.8 Å². The number of rotatable bonds is 6. The van der Waals surface area contributed by atoms with Gasteiger partial charge in [0.2, 0.25) is 5.91 Å². The molecule has 7 heteroatoms. The fourth-order valence-corrected chi connectivity index (χ4v) is 4.24. The monoisotopic (exact) mass is 453 g/mol. The molecular formula is C26H35N3O4. The third kappa shape index (κ3) is 5.71. The predicted molar refractivity (Wildman–Crippen MR) is 129 cm³/mol. The average molecular weight is 454 g/mol. The summed E-state index contributed by atoms with van der Waals surface area (Å²) in [5.41, 5.74) is 8.96. The maximum atomic E-state index is 12.4. The molecule has 1 fully saturated rings. The number of hydrogen-bond donors (Lipinski definition) is 2. The fraction of sp³-hybridized carbons (Fsp3) is 0.500. The van der Waals surface area contributed by atoms with Crippen LogP contribution < -0.4 is 10.6 Å². The molecular weight excluding hydrogens is 418 g/mol. The van der Waals surface area contributed by atoms with E-state index in [0.717, 1.165) is 42.7 Å². The van der Waals surface area contributed by atoms with Crippen LogP contribution in [0.3, 0.4) is 0 Å². The van der Waals surface area contributed by atoms with E-state index in [1.165, 1.54) is 0 Å². The van der Waals surface area contributed by atoms with Crippen LogP contribution in [0, 0.1) is 12.3 Å². The van der Waals surface area contributed by atoms with Gasteiger partial charge >= 0.3 is 5.97 Å². The zero-order chi connectivity index (χ0) is 24.6. The van der Waals surface area contributed by atoms with Crippen molar-refractivity contribution in [3.05, 3.63) is 47.3 Å². The Labute approximate surface area is 196 Å². The molecule has 0 radical (unpaired) electrons. The lowest BCUT2D eigenvalue weighted by atomic mass is 9.82. The molecule has 1 aromatic carbocycles. The van der Waals surface area contributed by atoms with Gasteiger partial charge in [0, 0.05) is 41.7 Å². The smallest absolute Gasteiger partial charge is 0.337 e. The molecule has 2 aromatic rings. The number of aryl methyl sites for hydroxylation is 1. The summed E-state index contributed by atoms with van der Waals surface area (Å²) in [7, 11) is 0. The number of hydrogen-bond acceptors (Lipinski definition) is 5. The number of amides is 1. The zero-order valence-electron chi connectivity index (χ0n) is 20.4. The molecule has 1 amide bonds. The van der Waals surface area contributed by atoms with Gasteiger partial charge in [0.1, 0.15) is 0 Å². The van der Waals surface area contributed by atoms with Crippen LogP contribution >= 0.6 is 0 Å². The Bertz CT molecular complexity index is 1050. The first-order valence-electron chi connectivity index (χ1n) is 11.3. The molecule has 0 bridgehead atoms. The molecule has 1 atom stereocenters. The van der Waals surface area contributed by atoms with E-state index >= 15 is 0 Å². The molecule has 3 rings (SSSR count). The van der Waals surface area contributed by atoms with Crippen LogP contribution in [0.2, 0.25) is 0 Å². The van der Waals surface area contributed by atoms with Gasteiger partial charge in [-0.1, -0.05) is 26.0 Å². The minimum atomic E-state index is -1.18. The van der Waals surface area contributed by atoms with Crippen molar-refractivity contribution in [1.82, 2.24) is 4.98 Å². The van der Waals surface area contributed by atoms with Crippen molar-refractivity contribution in [3.63, 3.8) is 0 Å². The largest absolute Gasteiger partial charge is 0.479 e. The standard InChI is InChI=1S/C26H35N3O4/c1-16-20(22(24(31)32)33-25(2,3)4)21(29-12-10-26(5,6)11-13-29)19(15-28-16)17-8-7-9-18(14-17)23(27)30/h7-9,14-15,22H,10-13H2,1-6H3,(H2,27,30)(H,31,32). The van der Waals surface area contributed by atoms with Crippen LogP contribution in [0.1, 0.15) is 75.2 Å². The van der Waals surface area contributed by atoms with Crippen molar-refractivity contribution in [3.8, 4) is 11.1 Å². The van der Waals surface area contributed by atoms with Gasteiger partial charge in [-0.05, 0) is 63.6 Å². The Kier molecular flexibility index (Phi) is 6.84. The highest BCUT2D eigenvalue weighted by molar-refractivity contribution is 5.95. The lowest BCUT2D eigenvalue weighted by Gasteiger charge is -2.41. The van der Waals surface area contributed by atoms with Crippen LogP contribution in [-0.2, 0) is 9.53 Å². The minimum absolute atomic E-state index is 0.221. The Morgan fingerprint density at radius 3 is 2.39 bits per heavy atom. The van der Waals surface area contributed by atoms with E-state index in [9.17, 15) is 14.7 Å². The lowest BCUT2D eigenvalue weighted by Crippen LogP contribution is -2.39. The van der Waals surface area contributed by atoms with Gasteiger partial charge in [0.25, 0.3) is 0 Å². The molecule has 0 saturated carbocycles. The van der Waals surface area contributed by atoms with Crippen LogP contribution in [0.25, 0.3) is 11.1 Å². The maximum Gasteiger partial charge on any atom is 0.337 e. The molecule has 1 saturated heterocycles. The number of benzene rings is 1. The number of aliphatic carboxylic acids is 1. The number of carbonyl (C=O) groups excluding carboxylic acids is 1. The normalized spacial score (nSPS) is 17.0. The van der Waals surface area contributed by atoms with Crippen LogP contribution in [0.5, 0.6) is 0 Å². The highest BCUT2D eigenvalue weighted by atomic mass is 16.5. The van der Waals surface area contributed by atoms with Gasteiger partial charge < -0.3 is 20.5 Å². The molecule has 0 spiro atoms. The van der Waals surface area contributed by atoms with Crippen molar-refractivity contribution in [2.24, 2.45) is 11.1 Å². The summed E-state index contributed by atoms with van der Waals surface area (Å²) < 4.78 is 6.05. The maximum absolute atomic E-state index is 12.4. The molecule has 1 unspecified atom stereocenters. The Hall–Kier alpha value is -2.93. The summed E-state index contributed by atoms with van der Waals surface area (Å²) >= 11 is 0. The number of anilines is 1. The van der Waals surface area contributed by atoms with Crippen molar-refractivity contribution >= 4 is 17.6 Å². The number of ether oxygens (including phenoxy) is 1. The summed E-state index contributed by atoms with van der Waals surface area (Å²) in [5, 5.41) is 10.2. The second kappa shape index (κ2) is 9.14. The first-order valence-corrected chi connectivity index (χ1v) is 11.3. The van der Waals surface area contributed by atoms with Crippen LogP contribution in [0.15, 0.2) is 30.5 Å². The summed E-state index contributed by atoms with van der Waals surface area (Å²) in [4.78, 5) is 31.0. The summed E-state index contributed by atoms with van der Waals surface area (Å²) in [6, 6.07) is 7.06. The van der Waals surface area contributed by atoms with E-state index in [0.29, 0.717) is 16.8 Å². The van der Waals surface area contributed by atoms with E-state index in [2.05, 4.69) is 23.7 Å². The number of nitrogens with two attached hydrogens (primary N) is 1. The molecule has 0 aliphatic carbocycles. The molecule has 1 aromatic heterocycles. The number of primary amides is 1. The van der Waals surface area contributed by atoms with Gasteiger partial charge in [-0.15, -0.1) is 0 Å². The number of nitrogens with zero attached hydrogens (tertiary/aromatic N) is 2. The Morgan fingerprint density at radius 1 is 1.21 bits per heavy atom. The third-order valence-electron chi connectivity index (χ3n) is 6.14. The molecule has 7 nitrogen and oxygen atoms in total. The van der Waals surface area contributed by atoms with Gasteiger partial charge in [-0.25, -0.2) is 4.79 Å². The second-order valence-corrected chi connectivity index (χ2v) is 10.6. The highest BCUT2D eigenvalue weighted by Gasteiger charge is 2.35. The second-order valence-electron chi connectivity index (χ2n) is 10.6. The molecule has 1 aliphatic rings. The fourth-order valence-electron chi connectivity index (χ4n) is 4.24. The number of carboxylic acids is 1. The Morgan fingerprint density at radius 2 is 1.85 bits per heavy atom. The number of aromatic nitrogens is 1. The van der Waals surface area contributed by atoms with Gasteiger partial charge in [-0.2, -0.15) is 0 Å². The van der Waals surface area contributed by atoms with Gasteiger partial charge in [0.05, 0.1) is 11.3 Å². The van der Waals surface area contributed by atoms with Crippen LogP contribution in [0.4, 0.5) is 5.69 Å². The van der Waals surface area contributed by atoms with E-state index in [1.54, 1.807) is 24.4 Å². The van der Waals surface area contributed by atoms with Gasteiger partial charge in [-0.3, -0.25) is 9.78 Å². The Balaban J connectivity index is 2.26. The summed E-state index contributed by atoms with van der Waals surface area (Å²) in [6.07, 6.45) is 2.53. The SMILES string of the molecule is Cc1ncc(-c2cccc(C(N)=O)c2)c(N2CCC(C)(C)CC2)c1C(OC(C)(C)C)C(=O)O. The van der Waals surface area contributed by atoms with Crippen molar-refractivity contribution in [1.29, 1.82) is 0 Å². The van der Waals surface area contributed by atoms with Crippen molar-refractivity contribution < 1.29 is 19.4 Å². The summed E-state index contributed by atoms with van der Waals surface area (Å²) in [5.74, 6) is -1.57. The van der Waals surface area contributed by atoms with E-state index < -0.39 is 23.6 Å². The average Bonchev–Trinajstić information content (AvgIpc) is 2.71. The van der Waals surface area contributed by atoms with Gasteiger partial charge in [0.15, 0.2) is 6.10 Å². The number of pyridine rings is 1. The quantitative estimate of drug-likeness (QED) is 0.655. The molecule has 33 heavy (non-hydrogen) atoms. The highest BCUT2D eigenvalue weighted by Crippen LogP contribution is 2.43. The number of carboxylic acid groups (broad SMARTS) is 1. The molecule has 2 heterocycles. The van der Waals surface area contributed by atoms with Crippen molar-refractivity contribution in [2.75, 3.05) is 18.0 Å². The number of piperidine rings is 1. The zero-order valence-corrected chi connectivity index (χ0v) is 20.4. The molecule has 1 aliphatic heterocycles. The molecule has 3 N–H and O–H groups in total. The van der Waals surface area contributed by atoms with Crippen molar-refractivity contribution in [2.45, 2.75) is 66.1 Å². The minimum Gasteiger partial charge on any atom is -0.479 e.